The number of fused-ring (bicyclic) bond motifs is 2. The zero-order valence-corrected chi connectivity index (χ0v) is 27.1. The summed E-state index contributed by atoms with van der Waals surface area (Å²) in [5, 5.41) is 0. The van der Waals surface area contributed by atoms with Crippen molar-refractivity contribution in [3.8, 4) is 11.5 Å². The summed E-state index contributed by atoms with van der Waals surface area (Å²) >= 11 is 0. The molecule has 208 valence electrons. The van der Waals surface area contributed by atoms with Gasteiger partial charge in [0.1, 0.15) is 12.5 Å². The van der Waals surface area contributed by atoms with Crippen LogP contribution in [-0.4, -0.2) is 60.2 Å². The number of methoxy groups -OCH3 is 1. The molecule has 3 rings (SSSR count). The van der Waals surface area contributed by atoms with E-state index >= 15 is 0 Å². The Hall–Kier alpha value is -1.78. The van der Waals surface area contributed by atoms with Gasteiger partial charge in [-0.3, -0.25) is 4.79 Å². The quantitative estimate of drug-likeness (QED) is 0.212. The molecule has 1 amide bonds. The highest BCUT2D eigenvalue weighted by Crippen LogP contribution is 2.47. The summed E-state index contributed by atoms with van der Waals surface area (Å²) in [5.41, 5.74) is 4.05. The van der Waals surface area contributed by atoms with E-state index in [9.17, 15) is 4.79 Å². The van der Waals surface area contributed by atoms with Crippen LogP contribution in [0.15, 0.2) is 23.9 Å². The number of amides is 1. The van der Waals surface area contributed by atoms with E-state index in [0.717, 1.165) is 37.1 Å². The number of anilines is 1. The van der Waals surface area contributed by atoms with E-state index in [0.29, 0.717) is 34.7 Å². The molecule has 1 atom stereocenters. The van der Waals surface area contributed by atoms with Crippen LogP contribution in [0.1, 0.15) is 65.2 Å². The third-order valence-corrected chi connectivity index (χ3v) is 15.8. The first kappa shape index (κ1) is 29.8. The average molecular weight is 547 g/mol. The second-order valence-corrected chi connectivity index (χ2v) is 24.1. The molecule has 0 unspecified atom stereocenters. The van der Waals surface area contributed by atoms with E-state index in [-0.39, 0.29) is 11.9 Å². The molecule has 6 nitrogen and oxygen atoms in total. The second-order valence-electron chi connectivity index (χ2n) is 13.1. The van der Waals surface area contributed by atoms with E-state index in [1.165, 1.54) is 5.57 Å². The fourth-order valence-corrected chi connectivity index (χ4v) is 12.2. The van der Waals surface area contributed by atoms with Crippen LogP contribution in [-0.2, 0) is 4.74 Å². The Labute approximate surface area is 227 Å². The first-order chi connectivity index (χ1) is 17.2. The molecule has 0 spiro atoms. The van der Waals surface area contributed by atoms with E-state index in [1.54, 1.807) is 7.11 Å². The summed E-state index contributed by atoms with van der Waals surface area (Å²) in [4.78, 5) is 17.9. The molecule has 8 heteroatoms. The van der Waals surface area contributed by atoms with E-state index in [1.807, 2.05) is 17.2 Å². The van der Waals surface area contributed by atoms with Gasteiger partial charge in [0.15, 0.2) is 5.75 Å². The van der Waals surface area contributed by atoms with Gasteiger partial charge in [-0.05, 0) is 42.1 Å². The Bertz CT molecular complexity index is 979. The molecular weight excluding hydrogens is 497 g/mol. The van der Waals surface area contributed by atoms with Crippen LogP contribution >= 0.6 is 0 Å². The molecular formula is C29H50N2O4Si2. The standard InChI is InChI=1S/C29H50N2O4Si2/c1-20(2)37(21(3)4,22(5)6)35-28-16-26-25(15-27(28)33-8)29(32)31-17-23(7)14-24(31)18-30(26)19-34-12-13-36(9,10)11/h15-17,20-22,24H,12-14,18-19H2,1-11H3/t24-/m0/s1. The molecule has 0 saturated carbocycles. The van der Waals surface area contributed by atoms with Crippen molar-refractivity contribution in [1.29, 1.82) is 0 Å². The highest BCUT2D eigenvalue weighted by Gasteiger charge is 2.48. The third-order valence-electron chi connectivity index (χ3n) is 8.07. The number of rotatable bonds is 11. The molecule has 0 fully saturated rings. The van der Waals surface area contributed by atoms with Gasteiger partial charge in [-0.25, -0.2) is 0 Å². The molecule has 0 N–H and O–H groups in total. The van der Waals surface area contributed by atoms with Gasteiger partial charge in [0.2, 0.25) is 0 Å². The molecule has 2 heterocycles. The minimum Gasteiger partial charge on any atom is -0.540 e. The molecule has 37 heavy (non-hydrogen) atoms. The van der Waals surface area contributed by atoms with Crippen molar-refractivity contribution in [1.82, 2.24) is 4.90 Å². The van der Waals surface area contributed by atoms with Gasteiger partial charge in [-0.1, -0.05) is 66.8 Å². The molecule has 2 aliphatic rings. The Morgan fingerprint density at radius 1 is 1.00 bits per heavy atom. The predicted octanol–water partition coefficient (Wildman–Crippen LogP) is 7.50. The third kappa shape index (κ3) is 6.28. The van der Waals surface area contributed by atoms with Crippen molar-refractivity contribution in [2.75, 3.05) is 31.9 Å². The lowest BCUT2D eigenvalue weighted by molar-refractivity contribution is 0.0791. The van der Waals surface area contributed by atoms with E-state index in [4.69, 9.17) is 13.9 Å². The molecule has 0 aromatic heterocycles. The molecule has 0 bridgehead atoms. The summed E-state index contributed by atoms with van der Waals surface area (Å²) in [6.45, 7) is 24.8. The lowest BCUT2D eigenvalue weighted by atomic mass is 10.1. The van der Waals surface area contributed by atoms with Crippen LogP contribution in [0.4, 0.5) is 5.69 Å². The lowest BCUT2D eigenvalue weighted by Crippen LogP contribution is -2.50. The zero-order valence-electron chi connectivity index (χ0n) is 25.1. The zero-order chi connectivity index (χ0) is 27.7. The number of hydrogen-bond donors (Lipinski definition) is 0. The molecule has 0 radical (unpaired) electrons. The number of hydrogen-bond acceptors (Lipinski definition) is 5. The van der Waals surface area contributed by atoms with Crippen LogP contribution in [0.5, 0.6) is 11.5 Å². The average Bonchev–Trinajstić information content (AvgIpc) is 3.12. The number of benzene rings is 1. The van der Waals surface area contributed by atoms with E-state index < -0.39 is 16.4 Å². The first-order valence-electron chi connectivity index (χ1n) is 13.9. The summed E-state index contributed by atoms with van der Waals surface area (Å²) in [6, 6.07) is 5.17. The van der Waals surface area contributed by atoms with Gasteiger partial charge in [0.05, 0.1) is 24.4 Å². The van der Waals surface area contributed by atoms with Gasteiger partial charge >= 0.3 is 0 Å². The van der Waals surface area contributed by atoms with Crippen molar-refractivity contribution in [3.63, 3.8) is 0 Å². The number of carbonyl (C=O) groups is 1. The van der Waals surface area contributed by atoms with Crippen LogP contribution in [0, 0.1) is 0 Å². The maximum absolute atomic E-state index is 13.8. The summed E-state index contributed by atoms with van der Waals surface area (Å²) in [7, 11) is -1.76. The van der Waals surface area contributed by atoms with Crippen molar-refractivity contribution in [2.45, 2.75) is 103 Å². The Morgan fingerprint density at radius 3 is 2.16 bits per heavy atom. The fourth-order valence-electron chi connectivity index (χ4n) is 6.18. The van der Waals surface area contributed by atoms with Gasteiger partial charge in [0, 0.05) is 33.5 Å². The van der Waals surface area contributed by atoms with Crippen LogP contribution in [0.2, 0.25) is 42.3 Å². The highest BCUT2D eigenvalue weighted by atomic mass is 28.4. The fraction of sp³-hybridized carbons (Fsp3) is 0.690. The SMILES string of the molecule is COc1cc2c(cc1O[Si](C(C)C)(C(C)C)C(C)C)N(COCC[Si](C)(C)C)C[C@@H]1CC(C)=CN1C2=O. The normalized spacial score (nSPS) is 18.4. The number of carbonyl (C=O) groups excluding carboxylic acids is 1. The van der Waals surface area contributed by atoms with Crippen molar-refractivity contribution in [2.24, 2.45) is 0 Å². The molecule has 0 aliphatic carbocycles. The first-order valence-corrected chi connectivity index (χ1v) is 19.8. The lowest BCUT2D eigenvalue weighted by Gasteiger charge is -2.42. The monoisotopic (exact) mass is 546 g/mol. The molecule has 1 aromatic rings. The Morgan fingerprint density at radius 2 is 1.62 bits per heavy atom. The topological polar surface area (TPSA) is 51.2 Å². The Kier molecular flexibility index (Phi) is 9.28. The number of ether oxygens (including phenoxy) is 2. The van der Waals surface area contributed by atoms with Crippen LogP contribution in [0.25, 0.3) is 0 Å². The van der Waals surface area contributed by atoms with Crippen LogP contribution < -0.4 is 14.1 Å². The van der Waals surface area contributed by atoms with Gasteiger partial charge in [-0.15, -0.1) is 0 Å². The Balaban J connectivity index is 2.07. The van der Waals surface area contributed by atoms with Crippen LogP contribution in [0.3, 0.4) is 0 Å². The minimum absolute atomic E-state index is 0.0198. The molecule has 2 aliphatic heterocycles. The van der Waals surface area contributed by atoms with Crippen molar-refractivity contribution < 1.29 is 18.7 Å². The summed E-state index contributed by atoms with van der Waals surface area (Å²) < 4.78 is 19.2. The predicted molar refractivity (Wildman–Crippen MR) is 159 cm³/mol. The number of nitrogens with zero attached hydrogens (tertiary/aromatic N) is 2. The minimum atomic E-state index is -2.23. The maximum atomic E-state index is 13.8. The van der Waals surface area contributed by atoms with Gasteiger partial charge in [-0.2, -0.15) is 0 Å². The van der Waals surface area contributed by atoms with Gasteiger partial charge < -0.3 is 23.7 Å². The smallest absolute Gasteiger partial charge is 0.260 e. The summed E-state index contributed by atoms with van der Waals surface area (Å²) in [6.07, 6.45) is 2.90. The second kappa shape index (κ2) is 11.5. The van der Waals surface area contributed by atoms with Crippen molar-refractivity contribution >= 4 is 28.0 Å². The molecule has 1 aromatic carbocycles. The highest BCUT2D eigenvalue weighted by molar-refractivity contribution is 6.78. The maximum Gasteiger partial charge on any atom is 0.260 e. The van der Waals surface area contributed by atoms with Gasteiger partial charge in [0.25, 0.3) is 14.2 Å². The molecule has 0 saturated heterocycles. The van der Waals surface area contributed by atoms with E-state index in [2.05, 4.69) is 79.1 Å². The summed E-state index contributed by atoms with van der Waals surface area (Å²) in [5.74, 6) is 1.40. The largest absolute Gasteiger partial charge is 0.540 e. The van der Waals surface area contributed by atoms with Crippen molar-refractivity contribution in [3.05, 3.63) is 29.5 Å².